The fourth-order valence-corrected chi connectivity index (χ4v) is 2.69. The highest BCUT2D eigenvalue weighted by atomic mass is 35.5. The number of aromatic carboxylic acids is 1. The van der Waals surface area contributed by atoms with Gasteiger partial charge in [0.2, 0.25) is 0 Å². The number of hydrogen-bond donors (Lipinski definition) is 2. The highest BCUT2D eigenvalue weighted by molar-refractivity contribution is 6.33. The van der Waals surface area contributed by atoms with Gasteiger partial charge in [0, 0.05) is 11.1 Å². The first kappa shape index (κ1) is 18.4. The van der Waals surface area contributed by atoms with Gasteiger partial charge in [0.1, 0.15) is 11.5 Å². The van der Waals surface area contributed by atoms with Crippen LogP contribution in [0.1, 0.15) is 32.0 Å². The van der Waals surface area contributed by atoms with E-state index in [1.54, 1.807) is 36.4 Å². The fourth-order valence-electron chi connectivity index (χ4n) is 2.42. The van der Waals surface area contributed by atoms with Crippen LogP contribution >= 0.6 is 11.6 Å². The van der Waals surface area contributed by atoms with Crippen molar-refractivity contribution in [2.24, 2.45) is 5.10 Å². The van der Waals surface area contributed by atoms with Crippen molar-refractivity contribution in [1.82, 2.24) is 5.43 Å². The maximum absolute atomic E-state index is 12.0. The van der Waals surface area contributed by atoms with Crippen LogP contribution in [0.4, 0.5) is 0 Å². The number of nitrogens with zero attached hydrogens (tertiary/aromatic N) is 1. The number of amides is 1. The molecule has 0 aliphatic rings. The van der Waals surface area contributed by atoms with Crippen LogP contribution in [-0.4, -0.2) is 23.2 Å². The predicted octanol–water partition coefficient (Wildman–Crippen LogP) is 4.37. The van der Waals surface area contributed by atoms with Gasteiger partial charge >= 0.3 is 5.97 Å². The van der Waals surface area contributed by atoms with Crippen LogP contribution in [0.25, 0.3) is 11.3 Å². The molecule has 0 atom stereocenters. The molecule has 2 N–H and O–H groups in total. The van der Waals surface area contributed by atoms with Gasteiger partial charge in [-0.2, -0.15) is 5.10 Å². The molecule has 27 heavy (non-hydrogen) atoms. The number of carbonyl (C=O) groups is 2. The van der Waals surface area contributed by atoms with E-state index >= 15 is 0 Å². The number of benzene rings is 2. The molecule has 136 valence electrons. The molecule has 0 aliphatic heterocycles. The summed E-state index contributed by atoms with van der Waals surface area (Å²) in [5, 5.41) is 13.0. The minimum absolute atomic E-state index is 0.0209. The first-order valence-electron chi connectivity index (χ1n) is 7.97. The highest BCUT2D eigenvalue weighted by Crippen LogP contribution is 2.27. The van der Waals surface area contributed by atoms with Crippen molar-refractivity contribution in [1.29, 1.82) is 0 Å². The lowest BCUT2D eigenvalue weighted by atomic mass is 10.1. The van der Waals surface area contributed by atoms with Crippen LogP contribution in [0.2, 0.25) is 5.02 Å². The number of hydrogen-bond acceptors (Lipinski definition) is 4. The van der Waals surface area contributed by atoms with Crippen molar-refractivity contribution in [2.75, 3.05) is 0 Å². The number of carboxylic acids is 1. The Labute approximate surface area is 160 Å². The first-order valence-corrected chi connectivity index (χ1v) is 8.35. The second kappa shape index (κ2) is 7.88. The third-order valence-corrected chi connectivity index (χ3v) is 4.06. The van der Waals surface area contributed by atoms with Gasteiger partial charge in [-0.1, -0.05) is 35.4 Å². The first-order chi connectivity index (χ1) is 12.9. The number of hydrazone groups is 1. The summed E-state index contributed by atoms with van der Waals surface area (Å²) in [5.74, 6) is -0.491. The third-order valence-electron chi connectivity index (χ3n) is 3.75. The van der Waals surface area contributed by atoms with Crippen molar-refractivity contribution >= 4 is 29.7 Å². The monoisotopic (exact) mass is 382 g/mol. The Morgan fingerprint density at radius 1 is 1.15 bits per heavy atom. The smallest absolute Gasteiger partial charge is 0.337 e. The van der Waals surface area contributed by atoms with Gasteiger partial charge in [0.15, 0.2) is 0 Å². The number of carboxylic acid groups (broad SMARTS) is 1. The molecule has 1 heterocycles. The van der Waals surface area contributed by atoms with E-state index < -0.39 is 5.97 Å². The van der Waals surface area contributed by atoms with Crippen LogP contribution in [0, 0.1) is 6.92 Å². The largest absolute Gasteiger partial charge is 0.478 e. The molecule has 6 nitrogen and oxygen atoms in total. The zero-order valence-corrected chi connectivity index (χ0v) is 15.0. The van der Waals surface area contributed by atoms with E-state index in [0.717, 1.165) is 5.56 Å². The average Bonchev–Trinajstić information content (AvgIpc) is 3.10. The molecule has 0 bridgehead atoms. The van der Waals surface area contributed by atoms with Gasteiger partial charge in [0.25, 0.3) is 5.91 Å². The summed E-state index contributed by atoms with van der Waals surface area (Å²) in [4.78, 5) is 23.0. The third kappa shape index (κ3) is 4.43. The molecule has 0 unspecified atom stereocenters. The second-order valence-electron chi connectivity index (χ2n) is 5.77. The number of aryl methyl sites for hydroxylation is 1. The Morgan fingerprint density at radius 2 is 1.96 bits per heavy atom. The number of carbonyl (C=O) groups excluding carboxylic acids is 1. The van der Waals surface area contributed by atoms with Gasteiger partial charge in [0.05, 0.1) is 16.8 Å². The summed E-state index contributed by atoms with van der Waals surface area (Å²) in [6.45, 7) is 1.90. The average molecular weight is 383 g/mol. The highest BCUT2D eigenvalue weighted by Gasteiger charge is 2.11. The van der Waals surface area contributed by atoms with Crippen molar-refractivity contribution in [3.05, 3.63) is 82.1 Å². The molecular weight excluding hydrogens is 368 g/mol. The van der Waals surface area contributed by atoms with Gasteiger partial charge in [-0.3, -0.25) is 4.79 Å². The lowest BCUT2D eigenvalue weighted by Crippen LogP contribution is -2.17. The van der Waals surface area contributed by atoms with Crippen molar-refractivity contribution in [2.45, 2.75) is 6.92 Å². The minimum atomic E-state index is -1.09. The summed E-state index contributed by atoms with van der Waals surface area (Å²) >= 11 is 5.97. The lowest BCUT2D eigenvalue weighted by molar-refractivity contribution is 0.0696. The Morgan fingerprint density at radius 3 is 2.67 bits per heavy atom. The number of furan rings is 1. The van der Waals surface area contributed by atoms with Crippen molar-refractivity contribution < 1.29 is 19.1 Å². The fraction of sp³-hybridized carbons (Fsp3) is 0.0500. The summed E-state index contributed by atoms with van der Waals surface area (Å²) in [6.07, 6.45) is 1.38. The van der Waals surface area contributed by atoms with E-state index in [1.165, 1.54) is 18.3 Å². The van der Waals surface area contributed by atoms with Crippen molar-refractivity contribution in [3.8, 4) is 11.3 Å². The molecule has 0 fully saturated rings. The molecule has 0 saturated carbocycles. The van der Waals surface area contributed by atoms with Crippen LogP contribution in [0.3, 0.4) is 0 Å². The normalized spacial score (nSPS) is 10.9. The van der Waals surface area contributed by atoms with E-state index in [1.807, 2.05) is 13.0 Å². The molecule has 0 spiro atoms. The molecule has 3 rings (SSSR count). The van der Waals surface area contributed by atoms with Crippen LogP contribution in [0.5, 0.6) is 0 Å². The molecule has 0 saturated heterocycles. The predicted molar refractivity (Wildman–Crippen MR) is 102 cm³/mol. The van der Waals surface area contributed by atoms with Gasteiger partial charge in [-0.25, -0.2) is 10.2 Å². The summed E-state index contributed by atoms with van der Waals surface area (Å²) in [5.41, 5.74) is 4.59. The molecule has 3 aromatic rings. The lowest BCUT2D eigenvalue weighted by Gasteiger charge is -2.01. The van der Waals surface area contributed by atoms with E-state index in [2.05, 4.69) is 10.5 Å². The molecule has 2 aromatic carbocycles. The second-order valence-corrected chi connectivity index (χ2v) is 6.18. The van der Waals surface area contributed by atoms with E-state index in [-0.39, 0.29) is 16.5 Å². The molecule has 7 heteroatoms. The molecular formula is C20H15ClN2O4. The molecule has 0 aliphatic carbocycles. The minimum Gasteiger partial charge on any atom is -0.478 e. The summed E-state index contributed by atoms with van der Waals surface area (Å²) < 4.78 is 5.63. The van der Waals surface area contributed by atoms with E-state index in [0.29, 0.717) is 22.6 Å². The van der Waals surface area contributed by atoms with Crippen molar-refractivity contribution in [3.63, 3.8) is 0 Å². The standard InChI is InChI=1S/C20H15ClN2O4/c1-12-3-2-4-14(9-12)19(24)23-22-11-15-6-8-18(27-15)13-5-7-16(20(25)26)17(21)10-13/h2-11H,1H3,(H,23,24)(H,25,26). The quantitative estimate of drug-likeness (QED) is 0.506. The van der Waals surface area contributed by atoms with Gasteiger partial charge < -0.3 is 9.52 Å². The summed E-state index contributed by atoms with van der Waals surface area (Å²) in [7, 11) is 0. The Hall–Kier alpha value is -3.38. The number of nitrogens with one attached hydrogen (secondary N) is 1. The maximum atomic E-state index is 12.0. The topological polar surface area (TPSA) is 91.9 Å². The number of halogens is 1. The van der Waals surface area contributed by atoms with Gasteiger partial charge in [-0.05, 0) is 43.3 Å². The maximum Gasteiger partial charge on any atom is 0.337 e. The van der Waals surface area contributed by atoms with Crippen LogP contribution < -0.4 is 5.43 Å². The van der Waals surface area contributed by atoms with Gasteiger partial charge in [-0.15, -0.1) is 0 Å². The number of rotatable bonds is 5. The Balaban J connectivity index is 1.69. The molecule has 0 radical (unpaired) electrons. The Kier molecular flexibility index (Phi) is 5.38. The van der Waals surface area contributed by atoms with E-state index in [4.69, 9.17) is 21.1 Å². The molecule has 1 aromatic heterocycles. The van der Waals surface area contributed by atoms with Crippen LogP contribution in [-0.2, 0) is 0 Å². The summed E-state index contributed by atoms with van der Waals surface area (Å²) in [6, 6.07) is 15.1. The SMILES string of the molecule is Cc1cccc(C(=O)NN=Cc2ccc(-c3ccc(C(=O)O)c(Cl)c3)o2)c1. The zero-order chi connectivity index (χ0) is 19.4. The Bertz CT molecular complexity index is 1040. The zero-order valence-electron chi connectivity index (χ0n) is 14.3. The molecule has 1 amide bonds. The van der Waals surface area contributed by atoms with E-state index in [9.17, 15) is 9.59 Å². The van der Waals surface area contributed by atoms with Crippen LogP contribution in [0.15, 0.2) is 64.1 Å².